The van der Waals surface area contributed by atoms with Gasteiger partial charge in [-0.05, 0) is 36.6 Å². The highest BCUT2D eigenvalue weighted by atomic mass is 32.1. The Morgan fingerprint density at radius 2 is 2.11 bits per heavy atom. The van der Waals surface area contributed by atoms with E-state index in [0.717, 1.165) is 10.7 Å². The minimum atomic E-state index is 0.487. The molecule has 2 heterocycles. The Morgan fingerprint density at radius 3 is 2.83 bits per heavy atom. The van der Waals surface area contributed by atoms with Crippen LogP contribution in [0.2, 0.25) is 0 Å². The first-order valence-corrected chi connectivity index (χ1v) is 6.80. The van der Waals surface area contributed by atoms with E-state index in [4.69, 9.17) is 5.73 Å². The second kappa shape index (κ2) is 4.23. The van der Waals surface area contributed by atoms with Crippen LogP contribution in [0.4, 0.5) is 0 Å². The number of imidazole rings is 1. The number of aryl methyl sites for hydroxylation is 2. The average molecular weight is 257 g/mol. The lowest BCUT2D eigenvalue weighted by molar-refractivity contribution is 1.02. The maximum Gasteiger partial charge on any atom is 0.194 e. The van der Waals surface area contributed by atoms with Crippen molar-refractivity contribution < 1.29 is 0 Å². The SMILES string of the molecule is Cc1ccc(-c2csc3nc(CN)cn23)cc1C. The number of thiazole rings is 1. The molecule has 0 radical (unpaired) electrons. The van der Waals surface area contributed by atoms with Crippen molar-refractivity contribution in [2.75, 3.05) is 0 Å². The van der Waals surface area contributed by atoms with E-state index in [-0.39, 0.29) is 0 Å². The zero-order valence-electron chi connectivity index (χ0n) is 10.5. The Bertz CT molecular complexity index is 709. The normalized spacial score (nSPS) is 11.3. The van der Waals surface area contributed by atoms with Crippen molar-refractivity contribution in [3.63, 3.8) is 0 Å². The van der Waals surface area contributed by atoms with E-state index in [2.05, 4.69) is 46.8 Å². The van der Waals surface area contributed by atoms with E-state index in [0.29, 0.717) is 6.54 Å². The fourth-order valence-corrected chi connectivity index (χ4v) is 2.94. The van der Waals surface area contributed by atoms with Crippen LogP contribution < -0.4 is 5.73 Å². The number of nitrogens with two attached hydrogens (primary N) is 1. The van der Waals surface area contributed by atoms with Crippen molar-refractivity contribution >= 4 is 16.3 Å². The smallest absolute Gasteiger partial charge is 0.194 e. The molecule has 4 heteroatoms. The van der Waals surface area contributed by atoms with E-state index < -0.39 is 0 Å². The minimum Gasteiger partial charge on any atom is -0.325 e. The molecule has 3 rings (SSSR count). The molecule has 1 aromatic carbocycles. The molecule has 0 fully saturated rings. The van der Waals surface area contributed by atoms with Gasteiger partial charge in [0.05, 0.1) is 11.4 Å². The number of benzene rings is 1. The van der Waals surface area contributed by atoms with Gasteiger partial charge >= 0.3 is 0 Å². The molecule has 0 aliphatic heterocycles. The molecule has 92 valence electrons. The third-order valence-corrected chi connectivity index (χ3v) is 4.11. The summed E-state index contributed by atoms with van der Waals surface area (Å²) in [6, 6.07) is 6.54. The third kappa shape index (κ3) is 1.74. The summed E-state index contributed by atoms with van der Waals surface area (Å²) in [5.74, 6) is 0. The summed E-state index contributed by atoms with van der Waals surface area (Å²) < 4.78 is 2.12. The first-order chi connectivity index (χ1) is 8.69. The monoisotopic (exact) mass is 257 g/mol. The second-order valence-corrected chi connectivity index (χ2v) is 5.35. The van der Waals surface area contributed by atoms with Crippen LogP contribution in [-0.2, 0) is 6.54 Å². The van der Waals surface area contributed by atoms with Gasteiger partial charge in [-0.2, -0.15) is 0 Å². The van der Waals surface area contributed by atoms with Gasteiger partial charge in [-0.3, -0.25) is 4.40 Å². The quantitative estimate of drug-likeness (QED) is 0.766. The van der Waals surface area contributed by atoms with Crippen LogP contribution in [0, 0.1) is 13.8 Å². The Morgan fingerprint density at radius 1 is 1.28 bits per heavy atom. The van der Waals surface area contributed by atoms with E-state index in [1.165, 1.54) is 22.4 Å². The molecule has 0 saturated carbocycles. The molecular weight excluding hydrogens is 242 g/mol. The predicted molar refractivity (Wildman–Crippen MR) is 75.9 cm³/mol. The molecular formula is C14H15N3S. The summed E-state index contributed by atoms with van der Waals surface area (Å²) >= 11 is 1.65. The van der Waals surface area contributed by atoms with E-state index in [1.807, 2.05) is 6.20 Å². The van der Waals surface area contributed by atoms with Crippen molar-refractivity contribution in [2.24, 2.45) is 5.73 Å². The maximum absolute atomic E-state index is 5.63. The third-order valence-electron chi connectivity index (χ3n) is 3.27. The van der Waals surface area contributed by atoms with Gasteiger partial charge < -0.3 is 5.73 Å². The van der Waals surface area contributed by atoms with Crippen LogP contribution in [0.25, 0.3) is 16.2 Å². The van der Waals surface area contributed by atoms with Gasteiger partial charge in [-0.15, -0.1) is 11.3 Å². The lowest BCUT2D eigenvalue weighted by Gasteiger charge is -2.04. The number of rotatable bonds is 2. The van der Waals surface area contributed by atoms with Gasteiger partial charge in [-0.25, -0.2) is 4.98 Å². The number of hydrogen-bond donors (Lipinski definition) is 1. The molecule has 3 nitrogen and oxygen atoms in total. The molecule has 0 spiro atoms. The van der Waals surface area contributed by atoms with Gasteiger partial charge in [0.25, 0.3) is 0 Å². The fourth-order valence-electron chi connectivity index (χ4n) is 2.04. The predicted octanol–water partition coefficient (Wildman–Crippen LogP) is 3.14. The van der Waals surface area contributed by atoms with Crippen LogP contribution in [0.15, 0.2) is 29.8 Å². The summed E-state index contributed by atoms with van der Waals surface area (Å²) in [6.45, 7) is 4.76. The van der Waals surface area contributed by atoms with Crippen molar-refractivity contribution in [2.45, 2.75) is 20.4 Å². The van der Waals surface area contributed by atoms with E-state index >= 15 is 0 Å². The van der Waals surface area contributed by atoms with E-state index in [1.54, 1.807) is 11.3 Å². The Kier molecular flexibility index (Phi) is 2.69. The second-order valence-electron chi connectivity index (χ2n) is 4.51. The molecule has 3 aromatic rings. The van der Waals surface area contributed by atoms with Gasteiger partial charge in [0, 0.05) is 18.1 Å². The zero-order chi connectivity index (χ0) is 12.7. The van der Waals surface area contributed by atoms with Crippen LogP contribution in [-0.4, -0.2) is 9.38 Å². The molecule has 2 N–H and O–H groups in total. The number of hydrogen-bond acceptors (Lipinski definition) is 3. The molecule has 0 amide bonds. The minimum absolute atomic E-state index is 0.487. The van der Waals surface area contributed by atoms with Gasteiger partial charge in [0.2, 0.25) is 0 Å². The molecule has 0 saturated heterocycles. The highest BCUT2D eigenvalue weighted by molar-refractivity contribution is 7.15. The lowest BCUT2D eigenvalue weighted by Crippen LogP contribution is -1.95. The highest BCUT2D eigenvalue weighted by Crippen LogP contribution is 2.27. The standard InChI is InChI=1S/C14H15N3S/c1-9-3-4-11(5-10(9)2)13-8-18-14-16-12(6-15)7-17(13)14/h3-5,7-8H,6,15H2,1-2H3. The zero-order valence-corrected chi connectivity index (χ0v) is 11.3. The molecule has 0 bridgehead atoms. The Hall–Kier alpha value is -1.65. The molecule has 0 unspecified atom stereocenters. The lowest BCUT2D eigenvalue weighted by atomic mass is 10.0. The van der Waals surface area contributed by atoms with Crippen LogP contribution >= 0.6 is 11.3 Å². The van der Waals surface area contributed by atoms with Crippen LogP contribution in [0.1, 0.15) is 16.8 Å². The van der Waals surface area contributed by atoms with E-state index in [9.17, 15) is 0 Å². The Balaban J connectivity index is 2.18. The average Bonchev–Trinajstić information content (AvgIpc) is 2.92. The molecule has 0 aliphatic carbocycles. The van der Waals surface area contributed by atoms with Crippen molar-refractivity contribution in [3.05, 3.63) is 46.6 Å². The molecule has 0 atom stereocenters. The number of aromatic nitrogens is 2. The van der Waals surface area contributed by atoms with Crippen molar-refractivity contribution in [1.29, 1.82) is 0 Å². The van der Waals surface area contributed by atoms with Gasteiger partial charge in [-0.1, -0.05) is 12.1 Å². The topological polar surface area (TPSA) is 43.3 Å². The first kappa shape index (κ1) is 11.4. The summed E-state index contributed by atoms with van der Waals surface area (Å²) in [4.78, 5) is 5.48. The summed E-state index contributed by atoms with van der Waals surface area (Å²) in [5.41, 5.74) is 11.6. The summed E-state index contributed by atoms with van der Waals surface area (Å²) in [7, 11) is 0. The van der Waals surface area contributed by atoms with Gasteiger partial charge in [0.1, 0.15) is 0 Å². The van der Waals surface area contributed by atoms with Crippen molar-refractivity contribution in [3.8, 4) is 11.3 Å². The van der Waals surface area contributed by atoms with Gasteiger partial charge in [0.15, 0.2) is 4.96 Å². The van der Waals surface area contributed by atoms with Crippen LogP contribution in [0.3, 0.4) is 0 Å². The molecule has 18 heavy (non-hydrogen) atoms. The fraction of sp³-hybridized carbons (Fsp3) is 0.214. The first-order valence-electron chi connectivity index (χ1n) is 5.92. The summed E-state index contributed by atoms with van der Waals surface area (Å²) in [5, 5.41) is 2.15. The van der Waals surface area contributed by atoms with Crippen molar-refractivity contribution in [1.82, 2.24) is 9.38 Å². The highest BCUT2D eigenvalue weighted by Gasteiger charge is 2.09. The summed E-state index contributed by atoms with van der Waals surface area (Å²) in [6.07, 6.45) is 2.02. The molecule has 0 aliphatic rings. The largest absolute Gasteiger partial charge is 0.325 e. The van der Waals surface area contributed by atoms with Crippen LogP contribution in [0.5, 0.6) is 0 Å². The molecule has 2 aromatic heterocycles. The number of nitrogens with zero attached hydrogens (tertiary/aromatic N) is 2. The Labute approximate surface area is 110 Å². The maximum atomic E-state index is 5.63. The number of fused-ring (bicyclic) bond motifs is 1.